The smallest absolute Gasteiger partial charge is 0.113 e. The van der Waals surface area contributed by atoms with Gasteiger partial charge in [-0.25, -0.2) is 0 Å². The van der Waals surface area contributed by atoms with E-state index in [0.717, 1.165) is 41.9 Å². The molecule has 0 saturated carbocycles. The van der Waals surface area contributed by atoms with Crippen LogP contribution in [0, 0.1) is 24.7 Å². The molecule has 6 atom stereocenters. The van der Waals surface area contributed by atoms with Gasteiger partial charge in [-0.05, 0) is 54.2 Å². The topological polar surface area (TPSA) is 99.4 Å². The second-order valence-corrected chi connectivity index (χ2v) is 8.64. The summed E-state index contributed by atoms with van der Waals surface area (Å²) in [4.78, 5) is 0. The number of hydrogen-bond acceptors (Lipinski definition) is 6. The summed E-state index contributed by atoms with van der Waals surface area (Å²) >= 11 is 0. The number of aryl methyl sites for hydroxylation is 1. The molecule has 2 heterocycles. The fourth-order valence-corrected chi connectivity index (χ4v) is 4.20. The van der Waals surface area contributed by atoms with Crippen LogP contribution in [0.25, 0.3) is 0 Å². The number of aliphatic hydroxyl groups is 4. The van der Waals surface area contributed by atoms with Crippen molar-refractivity contribution in [1.82, 2.24) is 0 Å². The first-order valence-corrected chi connectivity index (χ1v) is 11.0. The van der Waals surface area contributed by atoms with E-state index in [1.54, 1.807) is 0 Å². The first-order valence-electron chi connectivity index (χ1n) is 11.0. The van der Waals surface area contributed by atoms with Crippen molar-refractivity contribution in [3.8, 4) is 11.8 Å². The highest BCUT2D eigenvalue weighted by atomic mass is 16.5. The van der Waals surface area contributed by atoms with Crippen molar-refractivity contribution in [3.05, 3.63) is 70.3 Å². The molecular weight excluding hydrogens is 408 g/mol. The molecule has 170 valence electrons. The zero-order chi connectivity index (χ0) is 22.7. The van der Waals surface area contributed by atoms with Gasteiger partial charge in [0.2, 0.25) is 0 Å². The molecule has 0 bridgehead atoms. The summed E-state index contributed by atoms with van der Waals surface area (Å²) in [6, 6.07) is 13.9. The van der Waals surface area contributed by atoms with Crippen LogP contribution >= 0.6 is 0 Å². The fraction of sp³-hybridized carbons (Fsp3) is 0.462. The van der Waals surface area contributed by atoms with Crippen molar-refractivity contribution in [2.75, 3.05) is 19.8 Å². The largest absolute Gasteiger partial charge is 0.394 e. The van der Waals surface area contributed by atoms with Gasteiger partial charge in [0.15, 0.2) is 0 Å². The zero-order valence-electron chi connectivity index (χ0n) is 18.1. The normalized spacial score (nSPS) is 30.0. The summed E-state index contributed by atoms with van der Waals surface area (Å²) in [7, 11) is 0. The first kappa shape index (κ1) is 22.9. The van der Waals surface area contributed by atoms with Crippen LogP contribution < -0.4 is 0 Å². The number of hydrogen-bond donors (Lipinski definition) is 4. The molecule has 0 aliphatic carbocycles. The Labute approximate surface area is 188 Å². The third kappa shape index (κ3) is 5.05. The van der Waals surface area contributed by atoms with Crippen LogP contribution in [0.1, 0.15) is 40.3 Å². The van der Waals surface area contributed by atoms with Crippen LogP contribution in [0.4, 0.5) is 0 Å². The van der Waals surface area contributed by atoms with Crippen molar-refractivity contribution in [3.63, 3.8) is 0 Å². The van der Waals surface area contributed by atoms with Crippen LogP contribution in [0.15, 0.2) is 42.5 Å². The van der Waals surface area contributed by atoms with Gasteiger partial charge in [-0.3, -0.25) is 0 Å². The lowest BCUT2D eigenvalue weighted by atomic mass is 9.89. The number of rotatable bonds is 4. The minimum atomic E-state index is -1.39. The summed E-state index contributed by atoms with van der Waals surface area (Å²) in [6.07, 6.45) is -4.10. The zero-order valence-corrected chi connectivity index (χ0v) is 18.1. The average molecular weight is 439 g/mol. The summed E-state index contributed by atoms with van der Waals surface area (Å²) in [5.74, 6) is 6.82. The van der Waals surface area contributed by atoms with Crippen molar-refractivity contribution >= 4 is 0 Å². The molecule has 2 aromatic rings. The van der Waals surface area contributed by atoms with E-state index in [2.05, 4.69) is 24.0 Å². The molecular formula is C26H30O6. The Morgan fingerprint density at radius 1 is 1.00 bits per heavy atom. The van der Waals surface area contributed by atoms with Crippen LogP contribution in [-0.4, -0.2) is 64.7 Å². The van der Waals surface area contributed by atoms with E-state index in [9.17, 15) is 20.4 Å². The second-order valence-electron chi connectivity index (χ2n) is 8.64. The fourth-order valence-electron chi connectivity index (χ4n) is 4.20. The highest BCUT2D eigenvalue weighted by Gasteiger charge is 2.43. The van der Waals surface area contributed by atoms with Gasteiger partial charge in [0.1, 0.15) is 30.5 Å². The van der Waals surface area contributed by atoms with Gasteiger partial charge in [-0.2, -0.15) is 0 Å². The lowest BCUT2D eigenvalue weighted by Crippen LogP contribution is -2.55. The van der Waals surface area contributed by atoms with E-state index in [4.69, 9.17) is 9.47 Å². The highest BCUT2D eigenvalue weighted by molar-refractivity contribution is 5.40. The summed E-state index contributed by atoms with van der Waals surface area (Å²) in [5.41, 5.74) is 4.98. The Balaban J connectivity index is 1.49. The molecule has 6 nitrogen and oxygen atoms in total. The molecule has 4 rings (SSSR count). The van der Waals surface area contributed by atoms with E-state index in [-0.39, 0.29) is 0 Å². The van der Waals surface area contributed by atoms with Gasteiger partial charge < -0.3 is 29.9 Å². The molecule has 0 aromatic heterocycles. The molecule has 2 aromatic carbocycles. The van der Waals surface area contributed by atoms with Crippen molar-refractivity contribution in [2.45, 2.75) is 50.3 Å². The number of ether oxygens (including phenoxy) is 2. The molecule has 32 heavy (non-hydrogen) atoms. The molecule has 0 radical (unpaired) electrons. The van der Waals surface area contributed by atoms with Crippen LogP contribution in [-0.2, 0) is 15.9 Å². The highest BCUT2D eigenvalue weighted by Crippen LogP contribution is 2.33. The maximum Gasteiger partial charge on any atom is 0.113 e. The van der Waals surface area contributed by atoms with Crippen LogP contribution in [0.2, 0.25) is 0 Å². The predicted octanol–water partition coefficient (Wildman–Crippen LogP) is 1.49. The Bertz CT molecular complexity index is 968. The molecule has 0 amide bonds. The second kappa shape index (κ2) is 10.1. The Hall–Kier alpha value is -2.24. The standard InChI is InChI=1S/C26H30O6/c1-16-2-9-20(26-25(30)24(29)23(28)22(14-27)32-26)13-21(16)12-18-6-3-17(4-7-18)5-8-19-10-11-31-15-19/h2-4,6-7,9,13,19,22-30H,10-12,14-15H2,1H3/t19-,22?,23-,24+,25-,26+/m1/s1. The molecule has 4 N–H and O–H groups in total. The quantitative estimate of drug-likeness (QED) is 0.540. The summed E-state index contributed by atoms with van der Waals surface area (Å²) in [5, 5.41) is 40.0. The lowest BCUT2D eigenvalue weighted by molar-refractivity contribution is -0.231. The SMILES string of the molecule is Cc1ccc([C@@H]2OC(CO)[C@@H](O)[C@H](O)[C@H]2O)cc1Cc1ccc(C#C[C@@H]2CCOC2)cc1. The minimum Gasteiger partial charge on any atom is -0.394 e. The first-order chi connectivity index (χ1) is 15.5. The minimum absolute atomic E-state index is 0.322. The van der Waals surface area contributed by atoms with Crippen LogP contribution in [0.5, 0.6) is 0 Å². The lowest BCUT2D eigenvalue weighted by Gasteiger charge is -2.40. The van der Waals surface area contributed by atoms with Gasteiger partial charge in [0, 0.05) is 18.1 Å². The molecule has 6 heteroatoms. The van der Waals surface area contributed by atoms with Gasteiger partial charge in [-0.1, -0.05) is 42.2 Å². The average Bonchev–Trinajstić information content (AvgIpc) is 3.33. The molecule has 2 aliphatic heterocycles. The van der Waals surface area contributed by atoms with Crippen molar-refractivity contribution in [2.24, 2.45) is 5.92 Å². The van der Waals surface area contributed by atoms with Crippen molar-refractivity contribution in [1.29, 1.82) is 0 Å². The summed E-state index contributed by atoms with van der Waals surface area (Å²) < 4.78 is 11.1. The van der Waals surface area contributed by atoms with Gasteiger partial charge in [0.25, 0.3) is 0 Å². The maximum atomic E-state index is 10.4. The van der Waals surface area contributed by atoms with E-state index >= 15 is 0 Å². The van der Waals surface area contributed by atoms with Gasteiger partial charge in [-0.15, -0.1) is 0 Å². The Morgan fingerprint density at radius 3 is 2.47 bits per heavy atom. The molecule has 2 fully saturated rings. The van der Waals surface area contributed by atoms with E-state index < -0.39 is 37.1 Å². The maximum absolute atomic E-state index is 10.4. The molecule has 2 aliphatic rings. The van der Waals surface area contributed by atoms with Gasteiger partial charge in [0.05, 0.1) is 13.2 Å². The molecule has 2 saturated heterocycles. The predicted molar refractivity (Wildman–Crippen MR) is 119 cm³/mol. The Morgan fingerprint density at radius 2 is 1.78 bits per heavy atom. The van der Waals surface area contributed by atoms with E-state index in [1.807, 2.05) is 37.3 Å². The number of aliphatic hydroxyl groups excluding tert-OH is 4. The van der Waals surface area contributed by atoms with Crippen molar-refractivity contribution < 1.29 is 29.9 Å². The summed E-state index contributed by atoms with van der Waals surface area (Å²) in [6.45, 7) is 3.09. The monoisotopic (exact) mass is 438 g/mol. The third-order valence-corrected chi connectivity index (χ3v) is 6.29. The van der Waals surface area contributed by atoms with E-state index in [0.29, 0.717) is 17.9 Å². The molecule has 1 unspecified atom stereocenters. The third-order valence-electron chi connectivity index (χ3n) is 6.29. The molecule has 0 spiro atoms. The van der Waals surface area contributed by atoms with E-state index in [1.165, 1.54) is 0 Å². The van der Waals surface area contributed by atoms with Crippen LogP contribution in [0.3, 0.4) is 0 Å². The number of benzene rings is 2. The van der Waals surface area contributed by atoms with Gasteiger partial charge >= 0.3 is 0 Å². The Kier molecular flexibility index (Phi) is 7.27.